The molecule has 9 nitrogen and oxygen atoms in total. The van der Waals surface area contributed by atoms with Crippen LogP contribution in [0, 0.1) is 11.6 Å². The summed E-state index contributed by atoms with van der Waals surface area (Å²) in [5, 5.41) is 2.80. The Kier molecular flexibility index (Phi) is 6.90. The molecule has 11 heteroatoms. The maximum Gasteiger partial charge on any atom is 0.246 e. The maximum atomic E-state index is 14.9. The van der Waals surface area contributed by atoms with E-state index in [0.29, 0.717) is 43.0 Å². The fourth-order valence-corrected chi connectivity index (χ4v) is 4.23. The first kappa shape index (κ1) is 23.9. The average molecular weight is 498 g/mol. The van der Waals surface area contributed by atoms with Gasteiger partial charge in [0.05, 0.1) is 23.9 Å². The molecule has 3 aromatic rings. The maximum absolute atomic E-state index is 14.9. The third-order valence-electron chi connectivity index (χ3n) is 6.12. The Morgan fingerprint density at radius 1 is 1.22 bits per heavy atom. The van der Waals surface area contributed by atoms with Crippen molar-refractivity contribution >= 4 is 28.4 Å². The summed E-state index contributed by atoms with van der Waals surface area (Å²) < 4.78 is 46.4. The lowest BCUT2D eigenvalue weighted by molar-refractivity contribution is -0.125. The van der Waals surface area contributed by atoms with Gasteiger partial charge in [0.1, 0.15) is 24.6 Å². The Bertz CT molecular complexity index is 1280. The highest BCUT2D eigenvalue weighted by Crippen LogP contribution is 2.30. The summed E-state index contributed by atoms with van der Waals surface area (Å²) >= 11 is 0. The fourth-order valence-electron chi connectivity index (χ4n) is 4.23. The van der Waals surface area contributed by atoms with Crippen LogP contribution in [0.25, 0.3) is 11.0 Å². The molecule has 1 amide bonds. The van der Waals surface area contributed by atoms with Gasteiger partial charge in [-0.2, -0.15) is 4.39 Å². The van der Waals surface area contributed by atoms with Gasteiger partial charge in [0.25, 0.3) is 0 Å². The van der Waals surface area contributed by atoms with Crippen molar-refractivity contribution < 1.29 is 27.8 Å². The van der Waals surface area contributed by atoms with Gasteiger partial charge < -0.3 is 24.4 Å². The van der Waals surface area contributed by atoms with E-state index in [4.69, 9.17) is 14.2 Å². The quantitative estimate of drug-likeness (QED) is 0.470. The van der Waals surface area contributed by atoms with E-state index in [0.717, 1.165) is 12.8 Å². The van der Waals surface area contributed by atoms with E-state index in [1.807, 2.05) is 0 Å². The molecule has 2 aliphatic heterocycles. The van der Waals surface area contributed by atoms with Gasteiger partial charge in [0, 0.05) is 25.6 Å². The zero-order valence-electron chi connectivity index (χ0n) is 19.5. The second-order valence-electron chi connectivity index (χ2n) is 8.57. The lowest BCUT2D eigenvalue weighted by atomic mass is 10.2. The van der Waals surface area contributed by atoms with Gasteiger partial charge in [-0.05, 0) is 37.1 Å². The minimum absolute atomic E-state index is 0.116. The summed E-state index contributed by atoms with van der Waals surface area (Å²) in [7, 11) is 0. The van der Waals surface area contributed by atoms with E-state index >= 15 is 0 Å². The second-order valence-corrected chi connectivity index (χ2v) is 8.57. The van der Waals surface area contributed by atoms with Gasteiger partial charge in [-0.15, -0.1) is 0 Å². The van der Waals surface area contributed by atoms with Gasteiger partial charge in [-0.3, -0.25) is 4.79 Å². The highest BCUT2D eigenvalue weighted by molar-refractivity contribution is 5.88. The number of ether oxygens (including phenoxy) is 3. The molecule has 0 aliphatic carbocycles. The first-order chi connectivity index (χ1) is 17.5. The summed E-state index contributed by atoms with van der Waals surface area (Å²) in [6.07, 6.45) is 4.64. The molecule has 0 unspecified atom stereocenters. The van der Waals surface area contributed by atoms with E-state index in [1.165, 1.54) is 24.5 Å². The topological polar surface area (TPSA) is 98.7 Å². The second kappa shape index (κ2) is 10.4. The van der Waals surface area contributed by atoms with E-state index in [2.05, 4.69) is 26.8 Å². The highest BCUT2D eigenvalue weighted by atomic mass is 19.2. The summed E-state index contributed by atoms with van der Waals surface area (Å²) in [4.78, 5) is 26.3. The van der Waals surface area contributed by atoms with Crippen LogP contribution in [0.1, 0.15) is 19.3 Å². The highest BCUT2D eigenvalue weighted by Gasteiger charge is 2.27. The van der Waals surface area contributed by atoms with E-state index in [-0.39, 0.29) is 42.0 Å². The number of nitrogens with one attached hydrogen (secondary N) is 1. The molecule has 0 spiro atoms. The van der Waals surface area contributed by atoms with E-state index in [9.17, 15) is 13.6 Å². The lowest BCUT2D eigenvalue weighted by Gasteiger charge is -2.16. The monoisotopic (exact) mass is 497 g/mol. The van der Waals surface area contributed by atoms with Crippen LogP contribution < -0.4 is 14.8 Å². The van der Waals surface area contributed by atoms with E-state index in [1.54, 1.807) is 17.0 Å². The number of amides is 1. The number of anilines is 2. The van der Waals surface area contributed by atoms with Gasteiger partial charge in [0.2, 0.25) is 17.6 Å². The first-order valence-corrected chi connectivity index (χ1v) is 11.7. The predicted octanol–water partition coefficient (Wildman–Crippen LogP) is 3.77. The molecule has 2 aromatic heterocycles. The third kappa shape index (κ3) is 5.06. The van der Waals surface area contributed by atoms with Crippen molar-refractivity contribution in [3.63, 3.8) is 0 Å². The molecule has 2 aliphatic rings. The normalized spacial score (nSPS) is 19.4. The number of halogens is 2. The molecule has 0 saturated carbocycles. The molecule has 36 heavy (non-hydrogen) atoms. The molecule has 2 atom stereocenters. The number of hydrogen-bond donors (Lipinski definition) is 1. The molecule has 5 rings (SSSR count). The molecule has 1 aromatic carbocycles. The first-order valence-electron chi connectivity index (χ1n) is 11.7. The van der Waals surface area contributed by atoms with Gasteiger partial charge >= 0.3 is 0 Å². The molecule has 2 fully saturated rings. The number of nitrogens with zero attached hydrogens (tertiary/aromatic N) is 4. The van der Waals surface area contributed by atoms with Crippen LogP contribution in [-0.2, 0) is 9.53 Å². The number of aromatic nitrogens is 3. The van der Waals surface area contributed by atoms with Crippen molar-refractivity contribution in [3.8, 4) is 11.6 Å². The molecular weight excluding hydrogens is 472 g/mol. The Labute approximate surface area is 206 Å². The minimum Gasteiger partial charge on any atom is -0.488 e. The number of rotatable bonds is 8. The van der Waals surface area contributed by atoms with Crippen molar-refractivity contribution in [1.82, 2.24) is 19.9 Å². The number of carbonyl (C=O) groups is 1. The Balaban J connectivity index is 1.32. The Morgan fingerprint density at radius 2 is 2.11 bits per heavy atom. The van der Waals surface area contributed by atoms with Gasteiger partial charge in [0.15, 0.2) is 17.4 Å². The number of pyridine rings is 1. The SMILES string of the molecule is C=CC(=O)N1CC[C@H](Oc2ccc3ncnc(Nc4ccc(OC[C@@H]5CCCO5)c(F)c4F)c3n2)C1. The molecule has 4 heterocycles. The van der Waals surface area contributed by atoms with Crippen LogP contribution in [0.4, 0.5) is 20.3 Å². The lowest BCUT2D eigenvalue weighted by Crippen LogP contribution is -2.29. The van der Waals surface area contributed by atoms with Crippen LogP contribution in [-0.4, -0.2) is 64.3 Å². The zero-order chi connectivity index (χ0) is 25.1. The van der Waals surface area contributed by atoms with Crippen LogP contribution in [0.3, 0.4) is 0 Å². The van der Waals surface area contributed by atoms with Crippen molar-refractivity contribution in [1.29, 1.82) is 0 Å². The molecule has 188 valence electrons. The van der Waals surface area contributed by atoms with Crippen LogP contribution in [0.5, 0.6) is 11.6 Å². The van der Waals surface area contributed by atoms with Crippen molar-refractivity contribution in [2.24, 2.45) is 0 Å². The van der Waals surface area contributed by atoms with Crippen molar-refractivity contribution in [2.45, 2.75) is 31.5 Å². The number of hydrogen-bond acceptors (Lipinski definition) is 8. The summed E-state index contributed by atoms with van der Waals surface area (Å²) in [5.74, 6) is -2.04. The summed E-state index contributed by atoms with van der Waals surface area (Å²) in [6, 6.07) is 6.10. The molecule has 0 bridgehead atoms. The van der Waals surface area contributed by atoms with Crippen LogP contribution in [0.2, 0.25) is 0 Å². The Hall–Kier alpha value is -3.86. The van der Waals surface area contributed by atoms with Gasteiger partial charge in [-0.25, -0.2) is 19.3 Å². The minimum atomic E-state index is -1.10. The van der Waals surface area contributed by atoms with Crippen molar-refractivity contribution in [2.75, 3.05) is 31.6 Å². The fraction of sp³-hybridized carbons (Fsp3) is 0.360. The Morgan fingerprint density at radius 3 is 2.92 bits per heavy atom. The summed E-state index contributed by atoms with van der Waals surface area (Å²) in [5.41, 5.74) is 0.692. The average Bonchev–Trinajstić information content (AvgIpc) is 3.59. The number of carbonyl (C=O) groups excluding carboxylic acids is 1. The number of likely N-dealkylation sites (tertiary alicyclic amines) is 1. The third-order valence-corrected chi connectivity index (χ3v) is 6.12. The molecule has 2 saturated heterocycles. The standard InChI is InChI=1S/C25H25F2N5O4/c1-2-21(33)32-10-9-15(12-32)36-20-8-6-18-24(31-20)25(29-14-28-18)30-17-5-7-19(23(27)22(17)26)35-13-16-4-3-11-34-16/h2,5-8,14-16H,1,3-4,9-13H2,(H,28,29,30)/t15-,16-/m0/s1. The zero-order valence-corrected chi connectivity index (χ0v) is 19.5. The smallest absolute Gasteiger partial charge is 0.246 e. The number of benzene rings is 1. The van der Waals surface area contributed by atoms with Crippen molar-refractivity contribution in [3.05, 3.63) is 54.9 Å². The molecule has 0 radical (unpaired) electrons. The van der Waals surface area contributed by atoms with E-state index < -0.39 is 11.6 Å². The van der Waals surface area contributed by atoms with Crippen LogP contribution >= 0.6 is 0 Å². The number of fused-ring (bicyclic) bond motifs is 1. The predicted molar refractivity (Wildman–Crippen MR) is 127 cm³/mol. The van der Waals surface area contributed by atoms with Crippen LogP contribution in [0.15, 0.2) is 43.2 Å². The van der Waals surface area contributed by atoms with Gasteiger partial charge in [-0.1, -0.05) is 6.58 Å². The molecular formula is C25H25F2N5O4. The molecule has 1 N–H and O–H groups in total. The summed E-state index contributed by atoms with van der Waals surface area (Å²) in [6.45, 7) is 5.30. The largest absolute Gasteiger partial charge is 0.488 e.